The molecule has 0 saturated heterocycles. The van der Waals surface area contributed by atoms with E-state index in [1.807, 2.05) is 0 Å². The van der Waals surface area contributed by atoms with Gasteiger partial charge in [0.25, 0.3) is 0 Å². The first-order chi connectivity index (χ1) is 7.74. The minimum absolute atomic E-state index is 0.474. The molecule has 0 bridgehead atoms. The Bertz CT molecular complexity index is 293. The number of rotatable bonds is 7. The summed E-state index contributed by atoms with van der Waals surface area (Å²) in [7, 11) is 0. The molecule has 90 valence electrons. The molecule has 1 rings (SSSR count). The lowest BCUT2D eigenvalue weighted by atomic mass is 10.1. The number of hydrogen-bond donors (Lipinski definition) is 1. The van der Waals surface area contributed by atoms with Crippen molar-refractivity contribution < 1.29 is 0 Å². The molecule has 1 aromatic rings. The zero-order chi connectivity index (χ0) is 11.8. The topological polar surface area (TPSA) is 12.0 Å². The molecule has 1 unspecified atom stereocenters. The largest absolute Gasteiger partial charge is 0.310 e. The SMILES string of the molecule is CCCCCCNC(C)c1cccc(C)c1. The van der Waals surface area contributed by atoms with Gasteiger partial charge in [0.05, 0.1) is 0 Å². The Labute approximate surface area is 100 Å². The number of nitrogens with one attached hydrogen (secondary N) is 1. The Morgan fingerprint density at radius 1 is 1.19 bits per heavy atom. The molecule has 1 N–H and O–H groups in total. The Kier molecular flexibility index (Phi) is 6.17. The van der Waals surface area contributed by atoms with E-state index in [-0.39, 0.29) is 0 Å². The molecule has 0 aliphatic rings. The third-order valence-corrected chi connectivity index (χ3v) is 3.02. The summed E-state index contributed by atoms with van der Waals surface area (Å²) in [6.45, 7) is 7.78. The van der Waals surface area contributed by atoms with Gasteiger partial charge in [-0.2, -0.15) is 0 Å². The smallest absolute Gasteiger partial charge is 0.0291 e. The van der Waals surface area contributed by atoms with Crippen LogP contribution in [0.5, 0.6) is 0 Å². The molecular formula is C15H25N. The predicted octanol–water partition coefficient (Wildman–Crippen LogP) is 4.23. The van der Waals surface area contributed by atoms with E-state index in [4.69, 9.17) is 0 Å². The van der Waals surface area contributed by atoms with Crippen molar-refractivity contribution in [3.05, 3.63) is 35.4 Å². The average Bonchev–Trinajstić information content (AvgIpc) is 2.28. The summed E-state index contributed by atoms with van der Waals surface area (Å²) in [5.41, 5.74) is 2.74. The minimum Gasteiger partial charge on any atom is -0.310 e. The lowest BCUT2D eigenvalue weighted by molar-refractivity contribution is 0.536. The Hall–Kier alpha value is -0.820. The van der Waals surface area contributed by atoms with Crippen molar-refractivity contribution >= 4 is 0 Å². The van der Waals surface area contributed by atoms with Gasteiger partial charge >= 0.3 is 0 Å². The van der Waals surface area contributed by atoms with Gasteiger partial charge in [0.15, 0.2) is 0 Å². The van der Waals surface area contributed by atoms with Crippen molar-refractivity contribution in [2.75, 3.05) is 6.54 Å². The van der Waals surface area contributed by atoms with Gasteiger partial charge in [0.1, 0.15) is 0 Å². The normalized spacial score (nSPS) is 12.7. The van der Waals surface area contributed by atoms with Crippen molar-refractivity contribution in [3.63, 3.8) is 0 Å². The fraction of sp³-hybridized carbons (Fsp3) is 0.600. The van der Waals surface area contributed by atoms with Gasteiger partial charge in [0, 0.05) is 6.04 Å². The highest BCUT2D eigenvalue weighted by Gasteiger charge is 2.03. The van der Waals surface area contributed by atoms with Crippen LogP contribution in [-0.4, -0.2) is 6.54 Å². The van der Waals surface area contributed by atoms with Crippen molar-refractivity contribution in [2.45, 2.75) is 52.5 Å². The third-order valence-electron chi connectivity index (χ3n) is 3.02. The molecule has 0 aliphatic heterocycles. The molecule has 0 heterocycles. The molecule has 16 heavy (non-hydrogen) atoms. The van der Waals surface area contributed by atoms with E-state index in [1.54, 1.807) is 0 Å². The third kappa shape index (κ3) is 4.80. The summed E-state index contributed by atoms with van der Waals surface area (Å²) in [4.78, 5) is 0. The second kappa shape index (κ2) is 7.45. The number of aryl methyl sites for hydroxylation is 1. The average molecular weight is 219 g/mol. The molecule has 0 saturated carbocycles. The van der Waals surface area contributed by atoms with E-state index in [2.05, 4.69) is 50.4 Å². The van der Waals surface area contributed by atoms with Gasteiger partial charge in [0.2, 0.25) is 0 Å². The van der Waals surface area contributed by atoms with Crippen LogP contribution in [-0.2, 0) is 0 Å². The maximum absolute atomic E-state index is 3.59. The first-order valence-corrected chi connectivity index (χ1v) is 6.54. The Balaban J connectivity index is 2.27. The first-order valence-electron chi connectivity index (χ1n) is 6.54. The van der Waals surface area contributed by atoms with E-state index in [1.165, 1.54) is 36.8 Å². The molecule has 1 heteroatoms. The zero-order valence-corrected chi connectivity index (χ0v) is 10.9. The van der Waals surface area contributed by atoms with Crippen LogP contribution < -0.4 is 5.32 Å². The highest BCUT2D eigenvalue weighted by atomic mass is 14.9. The Morgan fingerprint density at radius 2 is 2.00 bits per heavy atom. The number of hydrogen-bond acceptors (Lipinski definition) is 1. The molecule has 0 radical (unpaired) electrons. The monoisotopic (exact) mass is 219 g/mol. The quantitative estimate of drug-likeness (QED) is 0.677. The molecule has 0 spiro atoms. The van der Waals surface area contributed by atoms with E-state index in [9.17, 15) is 0 Å². The highest BCUT2D eigenvalue weighted by Crippen LogP contribution is 2.13. The molecule has 0 amide bonds. The summed E-state index contributed by atoms with van der Waals surface area (Å²) in [5, 5.41) is 3.59. The zero-order valence-electron chi connectivity index (χ0n) is 10.9. The van der Waals surface area contributed by atoms with Gasteiger partial charge in [-0.25, -0.2) is 0 Å². The van der Waals surface area contributed by atoms with Gasteiger partial charge in [-0.05, 0) is 32.4 Å². The number of unbranched alkanes of at least 4 members (excludes halogenated alkanes) is 3. The van der Waals surface area contributed by atoms with Gasteiger partial charge in [-0.1, -0.05) is 56.0 Å². The molecule has 1 atom stereocenters. The van der Waals surface area contributed by atoms with E-state index < -0.39 is 0 Å². The Morgan fingerprint density at radius 3 is 2.69 bits per heavy atom. The predicted molar refractivity (Wildman–Crippen MR) is 71.7 cm³/mol. The van der Waals surface area contributed by atoms with Crippen molar-refractivity contribution in [2.24, 2.45) is 0 Å². The maximum atomic E-state index is 3.59. The second-order valence-electron chi connectivity index (χ2n) is 4.65. The van der Waals surface area contributed by atoms with Crippen LogP contribution >= 0.6 is 0 Å². The number of benzene rings is 1. The van der Waals surface area contributed by atoms with Crippen LogP contribution in [0.2, 0.25) is 0 Å². The molecule has 1 aromatic carbocycles. The van der Waals surface area contributed by atoms with Crippen LogP contribution in [0.3, 0.4) is 0 Å². The van der Waals surface area contributed by atoms with Crippen molar-refractivity contribution in [3.8, 4) is 0 Å². The van der Waals surface area contributed by atoms with E-state index >= 15 is 0 Å². The fourth-order valence-corrected chi connectivity index (χ4v) is 1.93. The van der Waals surface area contributed by atoms with Crippen LogP contribution in [0.1, 0.15) is 56.7 Å². The lowest BCUT2D eigenvalue weighted by Gasteiger charge is -2.14. The summed E-state index contributed by atoms with van der Waals surface area (Å²) in [5.74, 6) is 0. The van der Waals surface area contributed by atoms with Gasteiger partial charge in [-0.3, -0.25) is 0 Å². The van der Waals surface area contributed by atoms with Crippen molar-refractivity contribution in [1.29, 1.82) is 0 Å². The van der Waals surface area contributed by atoms with Crippen molar-refractivity contribution in [1.82, 2.24) is 5.32 Å². The minimum atomic E-state index is 0.474. The molecule has 0 aliphatic carbocycles. The molecule has 0 fully saturated rings. The maximum Gasteiger partial charge on any atom is 0.0291 e. The van der Waals surface area contributed by atoms with Gasteiger partial charge in [-0.15, -0.1) is 0 Å². The van der Waals surface area contributed by atoms with Crippen LogP contribution in [0.25, 0.3) is 0 Å². The fourth-order valence-electron chi connectivity index (χ4n) is 1.93. The molecule has 0 aromatic heterocycles. The van der Waals surface area contributed by atoms with Crippen LogP contribution in [0.4, 0.5) is 0 Å². The van der Waals surface area contributed by atoms with Crippen LogP contribution in [0, 0.1) is 6.92 Å². The van der Waals surface area contributed by atoms with E-state index in [0.717, 1.165) is 6.54 Å². The van der Waals surface area contributed by atoms with E-state index in [0.29, 0.717) is 6.04 Å². The standard InChI is InChI=1S/C15H25N/c1-4-5-6-7-11-16-14(3)15-10-8-9-13(2)12-15/h8-10,12,14,16H,4-7,11H2,1-3H3. The highest BCUT2D eigenvalue weighted by molar-refractivity contribution is 5.24. The summed E-state index contributed by atoms with van der Waals surface area (Å²) >= 11 is 0. The summed E-state index contributed by atoms with van der Waals surface area (Å²) < 4.78 is 0. The summed E-state index contributed by atoms with van der Waals surface area (Å²) in [6.07, 6.45) is 5.32. The molecular weight excluding hydrogens is 194 g/mol. The second-order valence-corrected chi connectivity index (χ2v) is 4.65. The molecule has 1 nitrogen and oxygen atoms in total. The van der Waals surface area contributed by atoms with Crippen LogP contribution in [0.15, 0.2) is 24.3 Å². The first kappa shape index (κ1) is 13.2. The lowest BCUT2D eigenvalue weighted by Crippen LogP contribution is -2.19. The van der Waals surface area contributed by atoms with Gasteiger partial charge < -0.3 is 5.32 Å². The summed E-state index contributed by atoms with van der Waals surface area (Å²) in [6, 6.07) is 9.24.